The average molecular weight is 381 g/mol. The fourth-order valence-corrected chi connectivity index (χ4v) is 4.18. The lowest BCUT2D eigenvalue weighted by Crippen LogP contribution is -2.42. The molecule has 0 aliphatic heterocycles. The molecule has 0 bridgehead atoms. The van der Waals surface area contributed by atoms with Crippen LogP contribution in [0.2, 0.25) is 0 Å². The van der Waals surface area contributed by atoms with Gasteiger partial charge in [-0.1, -0.05) is 12.1 Å². The molecule has 3 rings (SSSR count). The van der Waals surface area contributed by atoms with Crippen molar-refractivity contribution < 1.29 is 19.5 Å². The molecule has 5 N–H and O–H groups in total. The highest BCUT2D eigenvalue weighted by Crippen LogP contribution is 2.44. The number of carboxylic acids is 1. The summed E-state index contributed by atoms with van der Waals surface area (Å²) in [6.07, 6.45) is 2.63. The van der Waals surface area contributed by atoms with Crippen LogP contribution in [0.4, 0.5) is 11.4 Å². The van der Waals surface area contributed by atoms with Crippen LogP contribution in [0.5, 0.6) is 0 Å². The molecular weight excluding hydrogens is 358 g/mol. The van der Waals surface area contributed by atoms with Gasteiger partial charge in [-0.05, 0) is 72.7 Å². The summed E-state index contributed by atoms with van der Waals surface area (Å²) >= 11 is 0. The Kier molecular flexibility index (Phi) is 5.46. The molecule has 0 fully saturated rings. The van der Waals surface area contributed by atoms with Crippen molar-refractivity contribution in [1.82, 2.24) is 0 Å². The molecule has 146 valence electrons. The Labute approximate surface area is 162 Å². The van der Waals surface area contributed by atoms with Crippen LogP contribution >= 0.6 is 0 Å². The molecule has 2 amide bonds. The molecule has 0 radical (unpaired) electrons. The highest BCUT2D eigenvalue weighted by atomic mass is 16.4. The van der Waals surface area contributed by atoms with E-state index in [-0.39, 0.29) is 12.5 Å². The van der Waals surface area contributed by atoms with Crippen molar-refractivity contribution in [3.8, 4) is 0 Å². The summed E-state index contributed by atoms with van der Waals surface area (Å²) < 4.78 is 0. The molecule has 2 aromatic carbocycles. The quantitative estimate of drug-likeness (QED) is 0.547. The third-order valence-corrected chi connectivity index (χ3v) is 5.24. The van der Waals surface area contributed by atoms with Crippen molar-refractivity contribution in [2.45, 2.75) is 37.6 Å². The summed E-state index contributed by atoms with van der Waals surface area (Å²) in [5.74, 6) is -0.971. The van der Waals surface area contributed by atoms with Crippen molar-refractivity contribution in [2.75, 3.05) is 10.6 Å². The Morgan fingerprint density at radius 2 is 1.54 bits per heavy atom. The van der Waals surface area contributed by atoms with Gasteiger partial charge in [-0.15, -0.1) is 0 Å². The molecule has 1 aliphatic rings. The normalized spacial score (nSPS) is 15.4. The summed E-state index contributed by atoms with van der Waals surface area (Å²) in [6.45, 7) is 1.79. The number of hydrogen-bond donors (Lipinski definition) is 4. The Morgan fingerprint density at radius 3 is 1.89 bits per heavy atom. The molecule has 7 heteroatoms. The van der Waals surface area contributed by atoms with Crippen LogP contribution in [0.25, 0.3) is 0 Å². The zero-order valence-electron chi connectivity index (χ0n) is 15.6. The van der Waals surface area contributed by atoms with Crippen LogP contribution < -0.4 is 16.4 Å². The summed E-state index contributed by atoms with van der Waals surface area (Å²) in [4.78, 5) is 34.3. The van der Waals surface area contributed by atoms with Gasteiger partial charge in [0.2, 0.25) is 12.8 Å². The maximum atomic E-state index is 12.7. The van der Waals surface area contributed by atoms with Crippen molar-refractivity contribution in [3.63, 3.8) is 0 Å². The number of benzene rings is 2. The lowest BCUT2D eigenvalue weighted by molar-refractivity contribution is -0.142. The number of fused-ring (bicyclic) bond motifs is 2. The molecule has 7 nitrogen and oxygen atoms in total. The molecule has 28 heavy (non-hydrogen) atoms. The molecule has 0 aromatic heterocycles. The summed E-state index contributed by atoms with van der Waals surface area (Å²) in [6, 6.07) is 10.2. The number of carbonyl (C=O) groups excluding carboxylic acids is 2. The Hall–Kier alpha value is -3.19. The molecule has 1 atom stereocenters. The van der Waals surface area contributed by atoms with Crippen LogP contribution in [0.1, 0.15) is 35.6 Å². The molecule has 0 saturated carbocycles. The number of nitrogens with two attached hydrogens (primary N) is 1. The first-order valence-corrected chi connectivity index (χ1v) is 9.08. The second-order valence-corrected chi connectivity index (χ2v) is 7.16. The minimum absolute atomic E-state index is 0.225. The molecular formula is C21H23N3O4. The first-order valence-electron chi connectivity index (χ1n) is 9.08. The summed E-state index contributed by atoms with van der Waals surface area (Å²) in [7, 11) is 0. The van der Waals surface area contributed by atoms with Gasteiger partial charge in [0.05, 0.1) is 0 Å². The number of rotatable bonds is 7. The second-order valence-electron chi connectivity index (χ2n) is 7.16. The van der Waals surface area contributed by atoms with Crippen LogP contribution in [0, 0.1) is 0 Å². The largest absolute Gasteiger partial charge is 0.480 e. The Balaban J connectivity index is 2.28. The van der Waals surface area contributed by atoms with Gasteiger partial charge in [-0.25, -0.2) is 0 Å². The maximum Gasteiger partial charge on any atom is 0.318 e. The zero-order valence-corrected chi connectivity index (χ0v) is 15.6. The van der Waals surface area contributed by atoms with E-state index in [1.165, 1.54) is 0 Å². The number of hydrogen-bond acceptors (Lipinski definition) is 4. The van der Waals surface area contributed by atoms with Crippen molar-refractivity contribution >= 4 is 30.2 Å². The number of anilines is 2. The van der Waals surface area contributed by atoms with Gasteiger partial charge in [-0.2, -0.15) is 0 Å². The fourth-order valence-electron chi connectivity index (χ4n) is 4.18. The van der Waals surface area contributed by atoms with E-state index in [2.05, 4.69) is 10.6 Å². The van der Waals surface area contributed by atoms with Gasteiger partial charge in [-0.3, -0.25) is 14.4 Å². The van der Waals surface area contributed by atoms with Crippen LogP contribution in [-0.2, 0) is 32.6 Å². The van der Waals surface area contributed by atoms with Crippen molar-refractivity contribution in [1.29, 1.82) is 0 Å². The van der Waals surface area contributed by atoms with Crippen LogP contribution in [0.15, 0.2) is 36.4 Å². The fraction of sp³-hybridized carbons (Fsp3) is 0.286. The monoisotopic (exact) mass is 381 g/mol. The van der Waals surface area contributed by atoms with Crippen LogP contribution in [-0.4, -0.2) is 29.9 Å². The first-order chi connectivity index (χ1) is 13.4. The van der Waals surface area contributed by atoms with Gasteiger partial charge in [0.25, 0.3) is 0 Å². The summed E-state index contributed by atoms with van der Waals surface area (Å²) in [5, 5.41) is 15.6. The van der Waals surface area contributed by atoms with E-state index in [1.807, 2.05) is 12.1 Å². The first kappa shape index (κ1) is 19.6. The van der Waals surface area contributed by atoms with E-state index in [1.54, 1.807) is 31.2 Å². The topological polar surface area (TPSA) is 122 Å². The number of amides is 2. The van der Waals surface area contributed by atoms with E-state index in [0.717, 1.165) is 11.1 Å². The minimum atomic E-state index is -1.31. The van der Waals surface area contributed by atoms with Gasteiger partial charge >= 0.3 is 5.97 Å². The maximum absolute atomic E-state index is 12.7. The average Bonchev–Trinajstić information content (AvgIpc) is 2.77. The van der Waals surface area contributed by atoms with Gasteiger partial charge in [0, 0.05) is 17.4 Å². The molecule has 0 unspecified atom stereocenters. The number of aryl methyl sites for hydroxylation is 2. The number of aliphatic carboxylic acids is 1. The lowest BCUT2D eigenvalue weighted by Gasteiger charge is -2.34. The van der Waals surface area contributed by atoms with Gasteiger partial charge in [0.1, 0.15) is 5.41 Å². The van der Waals surface area contributed by atoms with E-state index in [4.69, 9.17) is 5.73 Å². The van der Waals surface area contributed by atoms with Gasteiger partial charge < -0.3 is 21.5 Å². The van der Waals surface area contributed by atoms with Crippen molar-refractivity contribution in [3.05, 3.63) is 58.7 Å². The van der Waals surface area contributed by atoms with E-state index >= 15 is 0 Å². The minimum Gasteiger partial charge on any atom is -0.480 e. The molecule has 0 spiro atoms. The van der Waals surface area contributed by atoms with Gasteiger partial charge in [0.15, 0.2) is 0 Å². The summed E-state index contributed by atoms with van der Waals surface area (Å²) in [5.41, 5.74) is 9.09. The van der Waals surface area contributed by atoms with E-state index in [0.29, 0.717) is 48.2 Å². The Bertz CT molecular complexity index is 862. The van der Waals surface area contributed by atoms with E-state index in [9.17, 15) is 19.5 Å². The third-order valence-electron chi connectivity index (χ3n) is 5.24. The predicted octanol–water partition coefficient (Wildman–Crippen LogP) is 2.03. The molecule has 1 aliphatic carbocycles. The number of carboxylic acid groups (broad SMARTS) is 1. The lowest BCUT2D eigenvalue weighted by atomic mass is 9.68. The standard InChI is InChI=1S/C21H23N3O4/c1-13(22)10-21(20(27)28)18-6-4-16(23-11-25)8-14(18)2-3-15-9-17(24-12-26)5-7-19(15)21/h4-9,11-13H,2-3,10,22H2,1H3,(H,23,25)(H,24,26)(H,27,28)/t13-/m0/s1. The number of nitrogens with one attached hydrogen (secondary N) is 2. The zero-order chi connectivity index (χ0) is 20.3. The Morgan fingerprint density at radius 1 is 1.07 bits per heavy atom. The van der Waals surface area contributed by atoms with Crippen molar-refractivity contribution in [2.24, 2.45) is 5.73 Å². The smallest absolute Gasteiger partial charge is 0.318 e. The van der Waals surface area contributed by atoms with E-state index < -0.39 is 11.4 Å². The molecule has 0 saturated heterocycles. The highest BCUT2D eigenvalue weighted by Gasteiger charge is 2.46. The molecule has 0 heterocycles. The SMILES string of the molecule is C[C@H](N)CC1(C(=O)O)c2ccc(NC=O)cc2CCc2cc(NC=O)ccc21. The third kappa shape index (κ3) is 3.36. The number of carbonyl (C=O) groups is 3. The second kappa shape index (κ2) is 7.82. The molecule has 2 aromatic rings. The predicted molar refractivity (Wildman–Crippen MR) is 106 cm³/mol. The van der Waals surface area contributed by atoms with Crippen LogP contribution in [0.3, 0.4) is 0 Å². The highest BCUT2D eigenvalue weighted by molar-refractivity contribution is 5.89.